The van der Waals surface area contributed by atoms with Crippen LogP contribution < -0.4 is 15.4 Å². The van der Waals surface area contributed by atoms with Crippen LogP contribution in [0.3, 0.4) is 0 Å². The molecule has 0 spiro atoms. The van der Waals surface area contributed by atoms with Crippen LogP contribution in [0.1, 0.15) is 49.6 Å². The van der Waals surface area contributed by atoms with Crippen molar-refractivity contribution in [3.63, 3.8) is 0 Å². The molecule has 0 bridgehead atoms. The van der Waals surface area contributed by atoms with Crippen LogP contribution in [0.15, 0.2) is 44.7 Å². The number of sulfonamides is 1. The van der Waals surface area contributed by atoms with E-state index in [1.807, 2.05) is 13.0 Å². The van der Waals surface area contributed by atoms with Crippen LogP contribution in [0, 0.1) is 6.92 Å². The number of aliphatic imine (C=N–C) groups is 1. The highest BCUT2D eigenvalue weighted by Gasteiger charge is 2.14. The van der Waals surface area contributed by atoms with Crippen LogP contribution in [0.4, 0.5) is 0 Å². The molecule has 0 atom stereocenters. The average molecular weight is 422 g/mol. The lowest BCUT2D eigenvalue weighted by molar-refractivity contribution is 0.368. The molecule has 0 aliphatic carbocycles. The minimum absolute atomic E-state index is 0.234. The summed E-state index contributed by atoms with van der Waals surface area (Å²) < 4.78 is 32.5. The van der Waals surface area contributed by atoms with Crippen molar-refractivity contribution in [2.24, 2.45) is 4.99 Å². The summed E-state index contributed by atoms with van der Waals surface area (Å²) in [6, 6.07) is 8.71. The maximum Gasteiger partial charge on any atom is 0.240 e. The number of hydrogen-bond acceptors (Lipinski definition) is 5. The molecule has 2 rings (SSSR count). The van der Waals surface area contributed by atoms with E-state index in [0.29, 0.717) is 25.0 Å². The molecule has 0 saturated heterocycles. The largest absolute Gasteiger partial charge is 0.359 e. The number of benzene rings is 1. The third-order valence-corrected chi connectivity index (χ3v) is 6.15. The Hall–Kier alpha value is -2.39. The molecule has 0 unspecified atom stereocenters. The van der Waals surface area contributed by atoms with Gasteiger partial charge < -0.3 is 15.2 Å². The topological polar surface area (TPSA) is 109 Å². The summed E-state index contributed by atoms with van der Waals surface area (Å²) in [5, 5.41) is 10.4. The first-order valence-electron chi connectivity index (χ1n) is 9.86. The van der Waals surface area contributed by atoms with Gasteiger partial charge in [-0.2, -0.15) is 0 Å². The third-order valence-electron chi connectivity index (χ3n) is 4.68. The van der Waals surface area contributed by atoms with Gasteiger partial charge in [0.05, 0.1) is 17.1 Å². The molecule has 0 radical (unpaired) electrons. The zero-order chi connectivity index (χ0) is 21.3. The third kappa shape index (κ3) is 6.86. The molecule has 1 aromatic carbocycles. The Morgan fingerprint density at radius 1 is 1.14 bits per heavy atom. The summed E-state index contributed by atoms with van der Waals surface area (Å²) in [7, 11) is -1.87. The van der Waals surface area contributed by atoms with Crippen molar-refractivity contribution < 1.29 is 12.9 Å². The fraction of sp³-hybridized carbons (Fsp3) is 0.500. The second-order valence-electron chi connectivity index (χ2n) is 6.79. The second kappa shape index (κ2) is 11.0. The highest BCUT2D eigenvalue weighted by atomic mass is 32.2. The van der Waals surface area contributed by atoms with Crippen molar-refractivity contribution in [2.75, 3.05) is 20.1 Å². The number of nitrogens with one attached hydrogen (secondary N) is 3. The molecule has 0 amide bonds. The molecular weight excluding hydrogens is 390 g/mol. The number of nitrogens with zero attached hydrogens (tertiary/aromatic N) is 2. The van der Waals surface area contributed by atoms with Gasteiger partial charge in [0, 0.05) is 32.1 Å². The first-order valence-corrected chi connectivity index (χ1v) is 11.3. The molecular formula is C20H31N5O3S. The Morgan fingerprint density at radius 2 is 1.83 bits per heavy atom. The summed E-state index contributed by atoms with van der Waals surface area (Å²) in [6.45, 7) is 7.26. The molecule has 0 aliphatic rings. The number of aryl methyl sites for hydroxylation is 1. The van der Waals surface area contributed by atoms with Gasteiger partial charge in [0.15, 0.2) is 11.7 Å². The molecule has 3 N–H and O–H groups in total. The van der Waals surface area contributed by atoms with Crippen LogP contribution in [0.5, 0.6) is 0 Å². The van der Waals surface area contributed by atoms with Crippen molar-refractivity contribution in [1.29, 1.82) is 0 Å². The fourth-order valence-electron chi connectivity index (χ4n) is 2.87. The molecule has 160 valence electrons. The number of guanidine groups is 1. The Balaban J connectivity index is 1.77. The van der Waals surface area contributed by atoms with Crippen LogP contribution in [-0.2, 0) is 16.6 Å². The Labute approximate surface area is 173 Å². The Bertz CT molecular complexity index is 887. The SMILES string of the molecule is CCC(CC)c1cc(CNC(=NC)NCCNS(=O)(=O)c2ccc(C)cc2)on1. The van der Waals surface area contributed by atoms with E-state index in [-0.39, 0.29) is 11.4 Å². The molecule has 0 aliphatic heterocycles. The van der Waals surface area contributed by atoms with Crippen molar-refractivity contribution in [2.45, 2.75) is 51.0 Å². The van der Waals surface area contributed by atoms with Gasteiger partial charge in [0.25, 0.3) is 0 Å². The van der Waals surface area contributed by atoms with E-state index in [9.17, 15) is 8.42 Å². The molecule has 0 fully saturated rings. The summed E-state index contributed by atoms with van der Waals surface area (Å²) in [5.74, 6) is 1.70. The molecule has 9 heteroatoms. The highest BCUT2D eigenvalue weighted by molar-refractivity contribution is 7.89. The van der Waals surface area contributed by atoms with E-state index >= 15 is 0 Å². The van der Waals surface area contributed by atoms with Gasteiger partial charge in [-0.3, -0.25) is 4.99 Å². The van der Waals surface area contributed by atoms with E-state index in [0.717, 1.165) is 29.9 Å². The van der Waals surface area contributed by atoms with E-state index in [1.54, 1.807) is 31.3 Å². The van der Waals surface area contributed by atoms with Gasteiger partial charge in [0.2, 0.25) is 10.0 Å². The maximum atomic E-state index is 12.3. The predicted molar refractivity (Wildman–Crippen MR) is 114 cm³/mol. The molecule has 1 aromatic heterocycles. The molecule has 1 heterocycles. The van der Waals surface area contributed by atoms with Gasteiger partial charge in [-0.15, -0.1) is 0 Å². The molecule has 2 aromatic rings. The van der Waals surface area contributed by atoms with Gasteiger partial charge >= 0.3 is 0 Å². The second-order valence-corrected chi connectivity index (χ2v) is 8.56. The van der Waals surface area contributed by atoms with Crippen LogP contribution >= 0.6 is 0 Å². The normalized spacial score (nSPS) is 12.4. The zero-order valence-electron chi connectivity index (χ0n) is 17.5. The molecule has 29 heavy (non-hydrogen) atoms. The van der Waals surface area contributed by atoms with Crippen LogP contribution in [-0.4, -0.2) is 39.7 Å². The van der Waals surface area contributed by atoms with Gasteiger partial charge in [-0.25, -0.2) is 13.1 Å². The smallest absolute Gasteiger partial charge is 0.240 e. The van der Waals surface area contributed by atoms with Gasteiger partial charge in [-0.1, -0.05) is 36.7 Å². The van der Waals surface area contributed by atoms with Gasteiger partial charge in [0.1, 0.15) is 0 Å². The summed E-state index contributed by atoms with van der Waals surface area (Å²) in [5.41, 5.74) is 1.99. The van der Waals surface area contributed by atoms with Crippen LogP contribution in [0.25, 0.3) is 0 Å². The monoisotopic (exact) mass is 421 g/mol. The standard InChI is InChI=1S/C20H31N5O3S/c1-5-16(6-2)19-13-17(28-25-19)14-23-20(21-4)22-11-12-24-29(26,27)18-9-7-15(3)8-10-18/h7-10,13,16,24H,5-6,11-12,14H2,1-4H3,(H2,21,22,23). The maximum absolute atomic E-state index is 12.3. The highest BCUT2D eigenvalue weighted by Crippen LogP contribution is 2.22. The fourth-order valence-corrected chi connectivity index (χ4v) is 3.90. The number of hydrogen-bond donors (Lipinski definition) is 3. The lowest BCUT2D eigenvalue weighted by atomic mass is 9.99. The minimum Gasteiger partial charge on any atom is -0.359 e. The van der Waals surface area contributed by atoms with Crippen LogP contribution in [0.2, 0.25) is 0 Å². The predicted octanol–water partition coefficient (Wildman–Crippen LogP) is 2.53. The quantitative estimate of drug-likeness (QED) is 0.309. The lowest BCUT2D eigenvalue weighted by Crippen LogP contribution is -2.41. The Kier molecular flexibility index (Phi) is 8.66. The van der Waals surface area contributed by atoms with Crippen molar-refractivity contribution in [1.82, 2.24) is 20.5 Å². The summed E-state index contributed by atoms with van der Waals surface area (Å²) >= 11 is 0. The van der Waals surface area contributed by atoms with E-state index in [2.05, 4.69) is 39.4 Å². The Morgan fingerprint density at radius 3 is 2.45 bits per heavy atom. The van der Waals surface area contributed by atoms with Crippen molar-refractivity contribution >= 4 is 16.0 Å². The first-order chi connectivity index (χ1) is 13.9. The van der Waals surface area contributed by atoms with E-state index in [1.165, 1.54) is 0 Å². The minimum atomic E-state index is -3.52. The number of rotatable bonds is 10. The zero-order valence-corrected chi connectivity index (χ0v) is 18.3. The molecule has 0 saturated carbocycles. The van der Waals surface area contributed by atoms with Crippen molar-refractivity contribution in [3.05, 3.63) is 47.3 Å². The first kappa shape index (κ1) is 22.9. The number of aromatic nitrogens is 1. The van der Waals surface area contributed by atoms with Gasteiger partial charge in [-0.05, 0) is 31.9 Å². The molecule has 8 nitrogen and oxygen atoms in total. The summed E-state index contributed by atoms with van der Waals surface area (Å²) in [6.07, 6.45) is 2.05. The van der Waals surface area contributed by atoms with E-state index < -0.39 is 10.0 Å². The van der Waals surface area contributed by atoms with E-state index in [4.69, 9.17) is 4.52 Å². The average Bonchev–Trinajstić information content (AvgIpc) is 3.17. The summed E-state index contributed by atoms with van der Waals surface area (Å²) in [4.78, 5) is 4.39. The lowest BCUT2D eigenvalue weighted by Gasteiger charge is -2.11. The van der Waals surface area contributed by atoms with Crippen molar-refractivity contribution in [3.8, 4) is 0 Å².